The molecule has 0 atom stereocenters. The van der Waals surface area contributed by atoms with E-state index in [0.29, 0.717) is 17.6 Å². The van der Waals surface area contributed by atoms with E-state index in [0.717, 1.165) is 29.5 Å². The van der Waals surface area contributed by atoms with Crippen LogP contribution < -0.4 is 0 Å². The van der Waals surface area contributed by atoms with Gasteiger partial charge in [-0.2, -0.15) is 9.97 Å². The Morgan fingerprint density at radius 3 is 2.05 bits per heavy atom. The first-order chi connectivity index (χ1) is 18.8. The molecule has 0 amide bonds. The number of thiophene rings is 1. The molecule has 8 rings (SSSR count). The fraction of sp³-hybridized carbons (Fsp3) is 0.0606. The van der Waals surface area contributed by atoms with Crippen LogP contribution in [-0.2, 0) is 6.42 Å². The van der Waals surface area contributed by atoms with E-state index in [1.54, 1.807) is 0 Å². The van der Waals surface area contributed by atoms with Gasteiger partial charge < -0.3 is 0 Å². The van der Waals surface area contributed by atoms with Crippen LogP contribution in [0.15, 0.2) is 103 Å². The van der Waals surface area contributed by atoms with E-state index in [9.17, 15) is 0 Å². The molecular formula is C33H22N4S. The van der Waals surface area contributed by atoms with E-state index in [2.05, 4.69) is 77.4 Å². The molecule has 3 aromatic heterocycles. The van der Waals surface area contributed by atoms with Crippen molar-refractivity contribution >= 4 is 48.5 Å². The molecule has 1 aliphatic carbocycles. The molecule has 0 radical (unpaired) electrons. The molecular weight excluding hydrogens is 484 g/mol. The summed E-state index contributed by atoms with van der Waals surface area (Å²) in [4.78, 5) is 15.1. The molecule has 0 fully saturated rings. The Morgan fingerprint density at radius 2 is 1.32 bits per heavy atom. The molecule has 3 heterocycles. The second kappa shape index (κ2) is 8.47. The molecule has 0 spiro atoms. The summed E-state index contributed by atoms with van der Waals surface area (Å²) in [5.41, 5.74) is 5.63. The third-order valence-corrected chi connectivity index (χ3v) is 8.46. The molecule has 0 saturated carbocycles. The standard InChI is InChI=1S/C33H22N4S/c1-3-11-21(12-4-1)31-34-32(22-13-5-2-6-14-22)36-33(35-31)37-27-17-9-7-15-23(27)25-19-26-24-16-8-10-18-29(24)38-30(26)20-28(25)37/h1-8,10-16,18-20H,9,17H2. The van der Waals surface area contributed by atoms with Crippen LogP contribution in [-0.4, -0.2) is 19.5 Å². The van der Waals surface area contributed by atoms with Gasteiger partial charge in [0.1, 0.15) is 0 Å². The minimum Gasteiger partial charge on any atom is -0.282 e. The van der Waals surface area contributed by atoms with Crippen LogP contribution in [0, 0.1) is 0 Å². The Kier molecular flexibility index (Phi) is 4.79. The molecule has 180 valence electrons. The van der Waals surface area contributed by atoms with Gasteiger partial charge in [-0.05, 0) is 31.0 Å². The Labute approximate surface area is 223 Å². The molecule has 4 aromatic carbocycles. The van der Waals surface area contributed by atoms with Crippen LogP contribution >= 0.6 is 11.3 Å². The Balaban J connectivity index is 1.46. The number of nitrogens with zero attached hydrogens (tertiary/aromatic N) is 4. The lowest BCUT2D eigenvalue weighted by atomic mass is 10.0. The number of allylic oxidation sites excluding steroid dienone is 1. The highest BCUT2D eigenvalue weighted by Gasteiger charge is 2.23. The third kappa shape index (κ3) is 3.32. The van der Waals surface area contributed by atoms with Gasteiger partial charge in [0.15, 0.2) is 11.6 Å². The van der Waals surface area contributed by atoms with Crippen molar-refractivity contribution in [2.45, 2.75) is 12.8 Å². The van der Waals surface area contributed by atoms with E-state index in [1.807, 2.05) is 47.7 Å². The number of fused-ring (bicyclic) bond motifs is 6. The monoisotopic (exact) mass is 506 g/mol. The average molecular weight is 507 g/mol. The smallest absolute Gasteiger partial charge is 0.238 e. The predicted molar refractivity (Wildman–Crippen MR) is 158 cm³/mol. The zero-order chi connectivity index (χ0) is 25.1. The summed E-state index contributed by atoms with van der Waals surface area (Å²) in [6.07, 6.45) is 6.50. The van der Waals surface area contributed by atoms with E-state index < -0.39 is 0 Å². The van der Waals surface area contributed by atoms with E-state index >= 15 is 0 Å². The minimum atomic E-state index is 0.666. The maximum atomic E-state index is 5.07. The van der Waals surface area contributed by atoms with E-state index in [4.69, 9.17) is 15.0 Å². The lowest BCUT2D eigenvalue weighted by molar-refractivity contribution is 0.839. The minimum absolute atomic E-state index is 0.666. The van der Waals surface area contributed by atoms with Gasteiger partial charge in [-0.3, -0.25) is 4.57 Å². The summed E-state index contributed by atoms with van der Waals surface area (Å²) >= 11 is 1.84. The fourth-order valence-corrected chi connectivity index (χ4v) is 6.68. The van der Waals surface area contributed by atoms with Gasteiger partial charge in [0.25, 0.3) is 0 Å². The summed E-state index contributed by atoms with van der Waals surface area (Å²) in [5, 5.41) is 3.87. The second-order valence-electron chi connectivity index (χ2n) is 9.62. The van der Waals surface area contributed by atoms with Gasteiger partial charge in [-0.1, -0.05) is 91.0 Å². The van der Waals surface area contributed by atoms with Gasteiger partial charge in [-0.25, -0.2) is 4.98 Å². The normalized spacial score (nSPS) is 12.9. The first kappa shape index (κ1) is 21.5. The molecule has 4 nitrogen and oxygen atoms in total. The zero-order valence-electron chi connectivity index (χ0n) is 20.5. The van der Waals surface area contributed by atoms with Gasteiger partial charge in [0.2, 0.25) is 5.95 Å². The summed E-state index contributed by atoms with van der Waals surface area (Å²) in [5.74, 6) is 2.03. The lowest BCUT2D eigenvalue weighted by Crippen LogP contribution is -2.10. The van der Waals surface area contributed by atoms with Crippen molar-refractivity contribution in [3.05, 3.63) is 114 Å². The first-order valence-corrected chi connectivity index (χ1v) is 13.7. The highest BCUT2D eigenvalue weighted by molar-refractivity contribution is 7.25. The van der Waals surface area contributed by atoms with Gasteiger partial charge in [0.05, 0.1) is 5.52 Å². The fourth-order valence-electron chi connectivity index (χ4n) is 5.56. The van der Waals surface area contributed by atoms with E-state index in [-0.39, 0.29) is 0 Å². The van der Waals surface area contributed by atoms with Crippen LogP contribution in [0.2, 0.25) is 0 Å². The van der Waals surface area contributed by atoms with Crippen LogP contribution in [0.5, 0.6) is 0 Å². The number of aromatic nitrogens is 4. The maximum Gasteiger partial charge on any atom is 0.238 e. The quantitative estimate of drug-likeness (QED) is 0.241. The molecule has 7 aromatic rings. The molecule has 0 N–H and O–H groups in total. The summed E-state index contributed by atoms with van der Waals surface area (Å²) in [7, 11) is 0. The average Bonchev–Trinajstić information content (AvgIpc) is 3.51. The van der Waals surface area contributed by atoms with Crippen molar-refractivity contribution in [2.24, 2.45) is 0 Å². The predicted octanol–water partition coefficient (Wildman–Crippen LogP) is 8.48. The lowest BCUT2D eigenvalue weighted by Gasteiger charge is -2.14. The topological polar surface area (TPSA) is 43.6 Å². The summed E-state index contributed by atoms with van der Waals surface area (Å²) in [6, 6.07) is 33.7. The third-order valence-electron chi connectivity index (χ3n) is 7.33. The molecule has 0 unspecified atom stereocenters. The summed E-state index contributed by atoms with van der Waals surface area (Å²) < 4.78 is 4.86. The molecule has 1 aliphatic rings. The maximum absolute atomic E-state index is 5.07. The van der Waals surface area contributed by atoms with E-state index in [1.165, 1.54) is 36.8 Å². The van der Waals surface area contributed by atoms with Crippen LogP contribution in [0.1, 0.15) is 17.7 Å². The Bertz CT molecular complexity index is 1960. The number of benzene rings is 4. The molecule has 0 saturated heterocycles. The van der Waals surface area contributed by atoms with Crippen molar-refractivity contribution in [2.75, 3.05) is 0 Å². The van der Waals surface area contributed by atoms with Crippen LogP contribution in [0.25, 0.3) is 65.9 Å². The van der Waals surface area contributed by atoms with Gasteiger partial charge in [0, 0.05) is 47.9 Å². The van der Waals surface area contributed by atoms with Crippen molar-refractivity contribution in [1.82, 2.24) is 19.5 Å². The Morgan fingerprint density at radius 1 is 0.632 bits per heavy atom. The molecule has 0 bridgehead atoms. The van der Waals surface area contributed by atoms with Crippen molar-refractivity contribution in [3.8, 4) is 28.7 Å². The number of hydrogen-bond acceptors (Lipinski definition) is 4. The summed E-state index contributed by atoms with van der Waals surface area (Å²) in [6.45, 7) is 0. The molecule has 0 aliphatic heterocycles. The molecule has 5 heteroatoms. The molecule has 38 heavy (non-hydrogen) atoms. The van der Waals surface area contributed by atoms with Crippen molar-refractivity contribution in [3.63, 3.8) is 0 Å². The first-order valence-electron chi connectivity index (χ1n) is 12.9. The highest BCUT2D eigenvalue weighted by atomic mass is 32.1. The number of hydrogen-bond donors (Lipinski definition) is 0. The van der Waals surface area contributed by atoms with Gasteiger partial charge >= 0.3 is 0 Å². The largest absolute Gasteiger partial charge is 0.282 e. The SMILES string of the molecule is C1=Cc2c(n(-c3nc(-c4ccccc4)nc(-c4ccccc4)n3)c3cc4sc5ccccc5c4cc23)CC1. The van der Waals surface area contributed by atoms with Crippen LogP contribution in [0.3, 0.4) is 0 Å². The van der Waals surface area contributed by atoms with Crippen molar-refractivity contribution < 1.29 is 0 Å². The zero-order valence-corrected chi connectivity index (χ0v) is 21.3. The second-order valence-corrected chi connectivity index (χ2v) is 10.7. The van der Waals surface area contributed by atoms with Gasteiger partial charge in [-0.15, -0.1) is 11.3 Å². The van der Waals surface area contributed by atoms with Crippen LogP contribution in [0.4, 0.5) is 0 Å². The Hall–Kier alpha value is -4.61. The highest BCUT2D eigenvalue weighted by Crippen LogP contribution is 2.41. The number of rotatable bonds is 3. The van der Waals surface area contributed by atoms with Crippen molar-refractivity contribution in [1.29, 1.82) is 0 Å².